The van der Waals surface area contributed by atoms with Gasteiger partial charge in [-0.3, -0.25) is 0 Å². The van der Waals surface area contributed by atoms with E-state index in [0.717, 1.165) is 0 Å². The fourth-order valence-corrected chi connectivity index (χ4v) is 9.19. The molecule has 0 saturated carbocycles. The van der Waals surface area contributed by atoms with E-state index in [0.29, 0.717) is 6.61 Å². The Balaban J connectivity index is 5.77. The van der Waals surface area contributed by atoms with E-state index in [1.165, 1.54) is 0 Å². The minimum atomic E-state index is -4.27. The van der Waals surface area contributed by atoms with Gasteiger partial charge in [-0.1, -0.05) is 0 Å². The van der Waals surface area contributed by atoms with Crippen molar-refractivity contribution in [3.05, 3.63) is 0 Å². The third kappa shape index (κ3) is 3.54. The van der Waals surface area contributed by atoms with E-state index in [1.54, 1.807) is 0 Å². The van der Waals surface area contributed by atoms with Gasteiger partial charge in [-0.2, -0.15) is 0 Å². The standard InChI is InChI=1S/2C3H7O.2C2H6N.C2H5O.Ti/c2*1-3(2)4;2*1-3-2;1-2-3;/h2*3H,1-2H3;2*1-2H3;2H2,1H3;/q5*-1;+5. The van der Waals surface area contributed by atoms with Crippen LogP contribution >= 0.6 is 0 Å². The monoisotopic (exact) mass is 299 g/mol. The summed E-state index contributed by atoms with van der Waals surface area (Å²) < 4.78 is 22.8. The molecule has 0 aromatic rings. The molecule has 0 saturated heterocycles. The molecule has 0 aromatic heterocycles. The van der Waals surface area contributed by atoms with E-state index in [1.807, 2.05) is 69.6 Å². The van der Waals surface area contributed by atoms with Gasteiger partial charge in [0.25, 0.3) is 0 Å². The van der Waals surface area contributed by atoms with Gasteiger partial charge < -0.3 is 0 Å². The van der Waals surface area contributed by atoms with Crippen molar-refractivity contribution in [3.63, 3.8) is 0 Å². The van der Waals surface area contributed by atoms with Crippen LogP contribution < -0.4 is 0 Å². The van der Waals surface area contributed by atoms with Gasteiger partial charge in [-0.05, 0) is 0 Å². The Morgan fingerprint density at radius 3 is 1.33 bits per heavy atom. The quantitative estimate of drug-likeness (QED) is 0.642. The second-order valence-corrected chi connectivity index (χ2v) is 12.2. The van der Waals surface area contributed by atoms with Crippen molar-refractivity contribution in [2.45, 2.75) is 46.8 Å². The number of hydrogen-bond donors (Lipinski definition) is 0. The molecule has 0 N–H and O–H groups in total. The van der Waals surface area contributed by atoms with Gasteiger partial charge in [0.15, 0.2) is 0 Å². The van der Waals surface area contributed by atoms with E-state index in [4.69, 9.17) is 9.96 Å². The van der Waals surface area contributed by atoms with E-state index < -0.39 is 17.0 Å². The number of nitrogens with zero attached hydrogens (tertiary/aromatic N) is 2. The average Bonchev–Trinajstić information content (AvgIpc) is 2.14. The van der Waals surface area contributed by atoms with Crippen LogP contribution in [0.2, 0.25) is 0 Å². The second-order valence-electron chi connectivity index (χ2n) is 5.45. The van der Waals surface area contributed by atoms with E-state index >= 15 is 0 Å². The summed E-state index contributed by atoms with van der Waals surface area (Å²) in [5.41, 5.74) is 0. The van der Waals surface area contributed by atoms with Crippen molar-refractivity contribution < 1.29 is 26.9 Å². The van der Waals surface area contributed by atoms with Crippen molar-refractivity contribution in [2.24, 2.45) is 0 Å². The predicted molar refractivity (Wildman–Crippen MR) is 71.4 cm³/mol. The SMILES string of the molecule is CC[O][Ti]([O]C(C)C)([O]C(C)C)([N](C)C)[N](C)C. The van der Waals surface area contributed by atoms with Gasteiger partial charge in [0, 0.05) is 0 Å². The summed E-state index contributed by atoms with van der Waals surface area (Å²) in [5, 5.41) is 0. The zero-order valence-corrected chi connectivity index (χ0v) is 15.0. The first kappa shape index (κ1) is 18.5. The fraction of sp³-hybridized carbons (Fsp3) is 1.00. The van der Waals surface area contributed by atoms with E-state index in [2.05, 4.69) is 0 Å². The first-order chi connectivity index (χ1) is 8.11. The van der Waals surface area contributed by atoms with Crippen LogP contribution in [0.5, 0.6) is 0 Å². The van der Waals surface area contributed by atoms with Gasteiger partial charge in [-0.15, -0.1) is 0 Å². The van der Waals surface area contributed by atoms with Crippen molar-refractivity contribution in [1.82, 2.24) is 6.76 Å². The van der Waals surface area contributed by atoms with Crippen LogP contribution in [0.15, 0.2) is 0 Å². The Morgan fingerprint density at radius 1 is 0.833 bits per heavy atom. The summed E-state index contributed by atoms with van der Waals surface area (Å²) in [7, 11) is 7.88. The van der Waals surface area contributed by atoms with E-state index in [9.17, 15) is 0 Å². The normalized spacial score (nSPS) is 15.7. The van der Waals surface area contributed by atoms with Crippen LogP contribution in [0.1, 0.15) is 34.6 Å². The molecule has 0 rings (SSSR count). The molecule has 5 nitrogen and oxygen atoms in total. The third-order valence-corrected chi connectivity index (χ3v) is 11.4. The van der Waals surface area contributed by atoms with Crippen LogP contribution in [-0.4, -0.2) is 53.8 Å². The molecule has 0 fully saturated rings. The second kappa shape index (κ2) is 6.79. The molecule has 0 radical (unpaired) electrons. The molecule has 0 aliphatic carbocycles. The molecular weight excluding hydrogens is 268 g/mol. The van der Waals surface area contributed by atoms with Crippen LogP contribution in [0, 0.1) is 0 Å². The van der Waals surface area contributed by atoms with Crippen LogP contribution in [0.25, 0.3) is 0 Å². The molecule has 0 aliphatic rings. The summed E-state index contributed by atoms with van der Waals surface area (Å²) >= 11 is -4.27. The molecule has 0 aromatic carbocycles. The Bertz CT molecular complexity index is 236. The molecule has 0 bridgehead atoms. The molecule has 0 aliphatic heterocycles. The molecular formula is C12H31N2O3Ti. The molecule has 0 spiro atoms. The first-order valence-corrected chi connectivity index (χ1v) is 9.93. The molecule has 0 amide bonds. The Morgan fingerprint density at radius 2 is 1.17 bits per heavy atom. The summed E-state index contributed by atoms with van der Waals surface area (Å²) in [5.74, 6) is 0. The zero-order chi connectivity index (χ0) is 14.6. The van der Waals surface area contributed by atoms with Crippen molar-refractivity contribution in [1.29, 1.82) is 0 Å². The minimum absolute atomic E-state index is 0.0390. The molecule has 111 valence electrons. The number of rotatable bonds is 8. The van der Waals surface area contributed by atoms with E-state index in [-0.39, 0.29) is 12.2 Å². The molecule has 0 atom stereocenters. The van der Waals surface area contributed by atoms with Crippen LogP contribution in [0.4, 0.5) is 0 Å². The maximum absolute atomic E-state index is 6.30. The summed E-state index contributed by atoms with van der Waals surface area (Å²) in [6.07, 6.45) is 0.0780. The molecule has 0 unspecified atom stereocenters. The van der Waals surface area contributed by atoms with Crippen LogP contribution in [-0.2, 0) is 26.9 Å². The predicted octanol–water partition coefficient (Wildman–Crippen LogP) is 2.26. The van der Waals surface area contributed by atoms with Gasteiger partial charge >= 0.3 is 115 Å². The summed E-state index contributed by atoms with van der Waals surface area (Å²) in [6, 6.07) is 0. The molecule has 0 heterocycles. The van der Waals surface area contributed by atoms with Gasteiger partial charge in [0.2, 0.25) is 0 Å². The summed E-state index contributed by atoms with van der Waals surface area (Å²) in [4.78, 5) is 0. The van der Waals surface area contributed by atoms with Gasteiger partial charge in [-0.25, -0.2) is 0 Å². The van der Waals surface area contributed by atoms with Crippen LogP contribution in [0.3, 0.4) is 0 Å². The maximum atomic E-state index is 6.30. The first-order valence-electron chi connectivity index (χ1n) is 6.63. The Hall–Kier alpha value is 0.514. The zero-order valence-electron chi connectivity index (χ0n) is 13.5. The Kier molecular flexibility index (Phi) is 6.99. The topological polar surface area (TPSA) is 34.2 Å². The Labute approximate surface area is 115 Å². The third-order valence-electron chi connectivity index (χ3n) is 2.76. The fourth-order valence-electron chi connectivity index (χ4n) is 2.23. The summed E-state index contributed by atoms with van der Waals surface area (Å²) in [6.45, 7) is 10.6. The van der Waals surface area contributed by atoms with Crippen molar-refractivity contribution >= 4 is 0 Å². The number of hydrogen-bond acceptors (Lipinski definition) is 5. The molecule has 6 heteroatoms. The van der Waals surface area contributed by atoms with Crippen molar-refractivity contribution in [3.8, 4) is 0 Å². The van der Waals surface area contributed by atoms with Gasteiger partial charge in [0.1, 0.15) is 0 Å². The molecule has 18 heavy (non-hydrogen) atoms. The average molecular weight is 299 g/mol. The van der Waals surface area contributed by atoms with Gasteiger partial charge in [0.05, 0.1) is 0 Å². The van der Waals surface area contributed by atoms with Crippen molar-refractivity contribution in [2.75, 3.05) is 34.8 Å².